The van der Waals surface area contributed by atoms with E-state index in [0.717, 1.165) is 16.4 Å². The minimum Gasteiger partial charge on any atom is -0.495 e. The molecular weight excluding hydrogens is 448 g/mol. The SMILES string of the molecule is COc1cc2c(cc1NC(=O)C1CCN(S(=O)(=O)c3cccs3)CC1)oc1ccccc12. The molecule has 1 fully saturated rings. The average Bonchev–Trinajstić information content (AvgIpc) is 3.47. The van der Waals surface area contributed by atoms with Crippen LogP contribution in [0.3, 0.4) is 0 Å². The number of ether oxygens (including phenoxy) is 1. The summed E-state index contributed by atoms with van der Waals surface area (Å²) in [5.74, 6) is 0.128. The molecule has 32 heavy (non-hydrogen) atoms. The number of sulfonamides is 1. The summed E-state index contributed by atoms with van der Waals surface area (Å²) in [6, 6.07) is 14.7. The highest BCUT2D eigenvalue weighted by atomic mass is 32.2. The second kappa shape index (κ2) is 8.23. The van der Waals surface area contributed by atoms with Gasteiger partial charge in [0.2, 0.25) is 5.91 Å². The van der Waals surface area contributed by atoms with Gasteiger partial charge in [-0.25, -0.2) is 8.42 Å². The number of hydrogen-bond acceptors (Lipinski definition) is 6. The molecule has 0 atom stereocenters. The molecule has 1 aliphatic rings. The number of anilines is 1. The van der Waals surface area contributed by atoms with Crippen LogP contribution >= 0.6 is 11.3 Å². The smallest absolute Gasteiger partial charge is 0.252 e. The number of carbonyl (C=O) groups excluding carboxylic acids is 1. The molecule has 0 spiro atoms. The van der Waals surface area contributed by atoms with Crippen molar-refractivity contribution in [1.82, 2.24) is 4.31 Å². The minimum atomic E-state index is -3.49. The maximum Gasteiger partial charge on any atom is 0.252 e. The third-order valence-corrected chi connectivity index (χ3v) is 9.14. The Balaban J connectivity index is 1.32. The molecule has 3 heterocycles. The van der Waals surface area contributed by atoms with Crippen LogP contribution in [0.2, 0.25) is 0 Å². The van der Waals surface area contributed by atoms with Crippen LogP contribution in [0.5, 0.6) is 5.75 Å². The molecule has 1 amide bonds. The summed E-state index contributed by atoms with van der Waals surface area (Å²) < 4.78 is 38.7. The normalized spacial score (nSPS) is 15.9. The van der Waals surface area contributed by atoms with Gasteiger partial charge in [-0.2, -0.15) is 4.31 Å². The summed E-state index contributed by atoms with van der Waals surface area (Å²) in [6.07, 6.45) is 0.928. The van der Waals surface area contributed by atoms with Crippen molar-refractivity contribution in [3.05, 3.63) is 53.9 Å². The van der Waals surface area contributed by atoms with Crippen LogP contribution in [0.4, 0.5) is 5.69 Å². The van der Waals surface area contributed by atoms with Crippen LogP contribution in [-0.4, -0.2) is 38.8 Å². The Kier molecular flexibility index (Phi) is 5.40. The third kappa shape index (κ3) is 3.66. The summed E-state index contributed by atoms with van der Waals surface area (Å²) in [5, 5.41) is 6.61. The van der Waals surface area contributed by atoms with E-state index in [1.165, 1.54) is 15.6 Å². The molecule has 0 unspecified atom stereocenters. The van der Waals surface area contributed by atoms with Gasteiger partial charge in [-0.05, 0) is 36.4 Å². The zero-order chi connectivity index (χ0) is 22.3. The molecule has 7 nitrogen and oxygen atoms in total. The number of piperidine rings is 1. The number of carbonyl (C=O) groups is 1. The highest BCUT2D eigenvalue weighted by Crippen LogP contribution is 2.37. The Morgan fingerprint density at radius 3 is 2.59 bits per heavy atom. The number of methoxy groups -OCH3 is 1. The number of fused-ring (bicyclic) bond motifs is 3. The van der Waals surface area contributed by atoms with Crippen LogP contribution in [0.15, 0.2) is 62.5 Å². The van der Waals surface area contributed by atoms with E-state index in [1.807, 2.05) is 30.3 Å². The van der Waals surface area contributed by atoms with Crippen LogP contribution in [0.25, 0.3) is 21.9 Å². The number of rotatable bonds is 5. The zero-order valence-electron chi connectivity index (χ0n) is 17.4. The van der Waals surface area contributed by atoms with E-state index in [2.05, 4.69) is 5.32 Å². The first-order valence-corrected chi connectivity index (χ1v) is 12.6. The first-order chi connectivity index (χ1) is 15.5. The Morgan fingerprint density at radius 1 is 1.09 bits per heavy atom. The lowest BCUT2D eigenvalue weighted by molar-refractivity contribution is -0.120. The van der Waals surface area contributed by atoms with Gasteiger partial charge in [-0.1, -0.05) is 24.3 Å². The lowest BCUT2D eigenvalue weighted by atomic mass is 9.97. The fraction of sp³-hybridized carbons (Fsp3) is 0.261. The van der Waals surface area contributed by atoms with E-state index in [9.17, 15) is 13.2 Å². The predicted molar refractivity (Wildman–Crippen MR) is 125 cm³/mol. The molecular formula is C23H22N2O5S2. The average molecular weight is 471 g/mol. The molecule has 1 aliphatic heterocycles. The minimum absolute atomic E-state index is 0.146. The van der Waals surface area contributed by atoms with Crippen LogP contribution in [0.1, 0.15) is 12.8 Å². The van der Waals surface area contributed by atoms with Gasteiger partial charge in [0.1, 0.15) is 21.1 Å². The van der Waals surface area contributed by atoms with Crippen LogP contribution in [-0.2, 0) is 14.8 Å². The van der Waals surface area contributed by atoms with Crippen molar-refractivity contribution in [2.45, 2.75) is 17.1 Å². The Labute approximate surface area is 189 Å². The lowest BCUT2D eigenvalue weighted by Crippen LogP contribution is -2.41. The molecule has 1 saturated heterocycles. The highest BCUT2D eigenvalue weighted by Gasteiger charge is 2.33. The molecule has 0 saturated carbocycles. The second-order valence-electron chi connectivity index (χ2n) is 7.75. The van der Waals surface area contributed by atoms with Crippen molar-refractivity contribution in [3.63, 3.8) is 0 Å². The van der Waals surface area contributed by atoms with Gasteiger partial charge in [-0.15, -0.1) is 11.3 Å². The fourth-order valence-corrected chi connectivity index (χ4v) is 6.76. The molecule has 5 rings (SSSR count). The van der Waals surface area contributed by atoms with Crippen molar-refractivity contribution >= 4 is 54.9 Å². The standard InChI is InChI=1S/C23H22N2O5S2/c1-29-21-13-17-16-5-2-3-6-19(16)30-20(17)14-18(21)24-23(26)15-8-10-25(11-9-15)32(27,28)22-7-4-12-31-22/h2-7,12-15H,8-11H2,1H3,(H,24,26). The Bertz CT molecular complexity index is 1380. The number of amides is 1. The van der Waals surface area contributed by atoms with Gasteiger partial charge in [0.25, 0.3) is 10.0 Å². The number of benzene rings is 2. The largest absolute Gasteiger partial charge is 0.495 e. The molecule has 4 aromatic rings. The van der Waals surface area contributed by atoms with Crippen molar-refractivity contribution in [1.29, 1.82) is 0 Å². The van der Waals surface area contributed by atoms with E-state index < -0.39 is 10.0 Å². The number of hydrogen-bond donors (Lipinski definition) is 1. The number of para-hydroxylation sites is 1. The number of thiophene rings is 1. The molecule has 0 aliphatic carbocycles. The number of nitrogens with one attached hydrogen (secondary N) is 1. The van der Waals surface area contributed by atoms with E-state index >= 15 is 0 Å². The predicted octanol–water partition coefficient (Wildman–Crippen LogP) is 4.70. The molecule has 1 N–H and O–H groups in total. The third-order valence-electron chi connectivity index (χ3n) is 5.87. The van der Waals surface area contributed by atoms with Gasteiger partial charge in [-0.3, -0.25) is 4.79 Å². The maximum atomic E-state index is 13.0. The Hall–Kier alpha value is -2.88. The van der Waals surface area contributed by atoms with Gasteiger partial charge in [0.05, 0.1) is 12.8 Å². The van der Waals surface area contributed by atoms with E-state index in [-0.39, 0.29) is 11.8 Å². The van der Waals surface area contributed by atoms with Crippen molar-refractivity contribution in [3.8, 4) is 5.75 Å². The summed E-state index contributed by atoms with van der Waals surface area (Å²) in [6.45, 7) is 0.635. The summed E-state index contributed by atoms with van der Waals surface area (Å²) in [7, 11) is -1.92. The quantitative estimate of drug-likeness (QED) is 0.457. The summed E-state index contributed by atoms with van der Waals surface area (Å²) in [4.78, 5) is 13.0. The first kappa shape index (κ1) is 21.0. The molecule has 0 bridgehead atoms. The molecule has 0 radical (unpaired) electrons. The van der Waals surface area contributed by atoms with Crippen LogP contribution < -0.4 is 10.1 Å². The molecule has 2 aromatic heterocycles. The van der Waals surface area contributed by atoms with Gasteiger partial charge >= 0.3 is 0 Å². The molecule has 2 aromatic carbocycles. The highest BCUT2D eigenvalue weighted by molar-refractivity contribution is 7.91. The summed E-state index contributed by atoms with van der Waals surface area (Å²) >= 11 is 1.21. The van der Waals surface area contributed by atoms with Crippen molar-refractivity contribution < 1.29 is 22.4 Å². The topological polar surface area (TPSA) is 88.9 Å². The molecule has 9 heteroatoms. The fourth-order valence-electron chi connectivity index (χ4n) is 4.15. The van der Waals surface area contributed by atoms with Crippen molar-refractivity contribution in [2.75, 3.05) is 25.5 Å². The van der Waals surface area contributed by atoms with E-state index in [1.54, 1.807) is 30.7 Å². The molecule has 166 valence electrons. The number of furan rings is 1. The first-order valence-electron chi connectivity index (χ1n) is 10.3. The second-order valence-corrected chi connectivity index (χ2v) is 10.9. The van der Waals surface area contributed by atoms with E-state index in [0.29, 0.717) is 47.2 Å². The monoisotopic (exact) mass is 470 g/mol. The zero-order valence-corrected chi connectivity index (χ0v) is 19.0. The van der Waals surface area contributed by atoms with Crippen LogP contribution in [0, 0.1) is 5.92 Å². The van der Waals surface area contributed by atoms with Gasteiger partial charge in [0.15, 0.2) is 0 Å². The number of nitrogens with zero attached hydrogens (tertiary/aromatic N) is 1. The van der Waals surface area contributed by atoms with Crippen molar-refractivity contribution in [2.24, 2.45) is 5.92 Å². The van der Waals surface area contributed by atoms with Gasteiger partial charge in [0, 0.05) is 35.8 Å². The lowest BCUT2D eigenvalue weighted by Gasteiger charge is -2.30. The van der Waals surface area contributed by atoms with Gasteiger partial charge < -0.3 is 14.5 Å². The van der Waals surface area contributed by atoms with E-state index in [4.69, 9.17) is 9.15 Å². The maximum absolute atomic E-state index is 13.0. The summed E-state index contributed by atoms with van der Waals surface area (Å²) in [5.41, 5.74) is 1.98. The Morgan fingerprint density at radius 2 is 1.88 bits per heavy atom.